The third-order valence-corrected chi connectivity index (χ3v) is 4.93. The minimum atomic E-state index is -0.144. The smallest absolute Gasteiger partial charge is 0.123 e. The molecule has 2 nitrogen and oxygen atoms in total. The van der Waals surface area contributed by atoms with E-state index in [1.807, 2.05) is 6.07 Å². The van der Waals surface area contributed by atoms with Crippen molar-refractivity contribution in [2.45, 2.75) is 56.8 Å². The topological polar surface area (TPSA) is 15.3 Å². The number of hydrogen-bond acceptors (Lipinski definition) is 2. The van der Waals surface area contributed by atoms with Crippen LogP contribution in [0.2, 0.25) is 0 Å². The Labute approximate surface area is 115 Å². The van der Waals surface area contributed by atoms with Gasteiger partial charge in [0, 0.05) is 24.2 Å². The van der Waals surface area contributed by atoms with Crippen molar-refractivity contribution < 1.29 is 4.39 Å². The number of fused-ring (bicyclic) bond motifs is 2. The van der Waals surface area contributed by atoms with Gasteiger partial charge in [-0.15, -0.1) is 0 Å². The number of piperidine rings is 1. The van der Waals surface area contributed by atoms with Crippen LogP contribution in [0, 0.1) is 5.82 Å². The molecule has 0 amide bonds. The van der Waals surface area contributed by atoms with E-state index in [4.69, 9.17) is 0 Å². The van der Waals surface area contributed by atoms with E-state index in [0.29, 0.717) is 6.04 Å². The molecule has 0 saturated carbocycles. The van der Waals surface area contributed by atoms with E-state index in [1.54, 1.807) is 12.1 Å². The van der Waals surface area contributed by atoms with E-state index in [1.165, 1.54) is 31.7 Å². The molecule has 3 rings (SSSR count). The molecule has 0 aromatic heterocycles. The predicted molar refractivity (Wildman–Crippen MR) is 75.5 cm³/mol. The molecule has 1 N–H and O–H groups in total. The Balaban J connectivity index is 1.63. The molecule has 3 heteroatoms. The van der Waals surface area contributed by atoms with E-state index < -0.39 is 0 Å². The van der Waals surface area contributed by atoms with Gasteiger partial charge in [-0.3, -0.25) is 0 Å². The van der Waals surface area contributed by atoms with Crippen LogP contribution in [0.4, 0.5) is 4.39 Å². The SMILES string of the molecule is C[C@@H](NC1CC2CCC(C1)N2C)c1cccc(F)c1. The van der Waals surface area contributed by atoms with Gasteiger partial charge in [-0.1, -0.05) is 12.1 Å². The molecule has 3 atom stereocenters. The number of rotatable bonds is 3. The first-order chi connectivity index (χ1) is 9.13. The summed E-state index contributed by atoms with van der Waals surface area (Å²) in [5.74, 6) is -0.144. The molecule has 2 aliphatic rings. The summed E-state index contributed by atoms with van der Waals surface area (Å²) < 4.78 is 13.3. The highest BCUT2D eigenvalue weighted by atomic mass is 19.1. The number of nitrogens with zero attached hydrogens (tertiary/aromatic N) is 1. The van der Waals surface area contributed by atoms with Gasteiger partial charge >= 0.3 is 0 Å². The molecule has 1 aromatic rings. The lowest BCUT2D eigenvalue weighted by Gasteiger charge is -2.38. The van der Waals surface area contributed by atoms with Crippen molar-refractivity contribution >= 4 is 0 Å². The minimum absolute atomic E-state index is 0.144. The Morgan fingerprint density at radius 2 is 1.95 bits per heavy atom. The number of nitrogens with one attached hydrogen (secondary N) is 1. The second-order valence-corrected chi connectivity index (χ2v) is 6.16. The van der Waals surface area contributed by atoms with Gasteiger partial charge in [-0.25, -0.2) is 4.39 Å². The third-order valence-electron chi connectivity index (χ3n) is 4.93. The second kappa shape index (κ2) is 5.22. The van der Waals surface area contributed by atoms with E-state index >= 15 is 0 Å². The molecule has 0 spiro atoms. The van der Waals surface area contributed by atoms with Crippen LogP contribution in [-0.4, -0.2) is 30.1 Å². The maximum atomic E-state index is 13.3. The number of hydrogen-bond donors (Lipinski definition) is 1. The van der Waals surface area contributed by atoms with Gasteiger partial charge in [0.05, 0.1) is 0 Å². The zero-order valence-corrected chi connectivity index (χ0v) is 11.8. The molecule has 0 radical (unpaired) electrons. The van der Waals surface area contributed by atoms with Gasteiger partial charge in [0.25, 0.3) is 0 Å². The van der Waals surface area contributed by atoms with Gasteiger partial charge in [0.15, 0.2) is 0 Å². The molecule has 2 heterocycles. The standard InChI is InChI=1S/C16H23FN2/c1-11(12-4-3-5-13(17)8-12)18-14-9-15-6-7-16(10-14)19(15)2/h3-5,8,11,14-16,18H,6-7,9-10H2,1-2H3/t11-,14?,15?,16?/m1/s1. The monoisotopic (exact) mass is 262 g/mol. The lowest BCUT2D eigenvalue weighted by molar-refractivity contribution is 0.144. The van der Waals surface area contributed by atoms with Crippen LogP contribution in [-0.2, 0) is 0 Å². The molecule has 1 aromatic carbocycles. The summed E-state index contributed by atoms with van der Waals surface area (Å²) in [6.45, 7) is 2.13. The lowest BCUT2D eigenvalue weighted by Crippen LogP contribution is -2.47. The lowest BCUT2D eigenvalue weighted by atomic mass is 9.96. The van der Waals surface area contributed by atoms with E-state index in [0.717, 1.165) is 17.6 Å². The Morgan fingerprint density at radius 1 is 1.26 bits per heavy atom. The van der Waals surface area contributed by atoms with Crippen molar-refractivity contribution in [1.29, 1.82) is 0 Å². The Hall–Kier alpha value is -0.930. The fourth-order valence-corrected chi connectivity index (χ4v) is 3.77. The van der Waals surface area contributed by atoms with Gasteiger partial charge in [-0.2, -0.15) is 0 Å². The van der Waals surface area contributed by atoms with Crippen molar-refractivity contribution in [3.05, 3.63) is 35.6 Å². The van der Waals surface area contributed by atoms with E-state index in [-0.39, 0.29) is 11.9 Å². The quantitative estimate of drug-likeness (QED) is 0.900. The third kappa shape index (κ3) is 2.67. The van der Waals surface area contributed by atoms with Gasteiger partial charge in [0.2, 0.25) is 0 Å². The minimum Gasteiger partial charge on any atom is -0.307 e. The Morgan fingerprint density at radius 3 is 2.58 bits per heavy atom. The Bertz CT molecular complexity index is 434. The van der Waals surface area contributed by atoms with E-state index in [2.05, 4.69) is 24.2 Å². The van der Waals surface area contributed by atoms with Crippen molar-refractivity contribution in [3.8, 4) is 0 Å². The molecule has 104 valence electrons. The molecular weight excluding hydrogens is 239 g/mol. The highest BCUT2D eigenvalue weighted by Crippen LogP contribution is 2.35. The molecule has 2 unspecified atom stereocenters. The summed E-state index contributed by atoms with van der Waals surface area (Å²) in [5, 5.41) is 3.69. The zero-order valence-electron chi connectivity index (χ0n) is 11.8. The summed E-state index contributed by atoms with van der Waals surface area (Å²) in [5.41, 5.74) is 1.05. The number of halogens is 1. The fourth-order valence-electron chi connectivity index (χ4n) is 3.77. The second-order valence-electron chi connectivity index (χ2n) is 6.16. The summed E-state index contributed by atoms with van der Waals surface area (Å²) in [6, 6.07) is 9.24. The van der Waals surface area contributed by atoms with Crippen LogP contribution in [0.5, 0.6) is 0 Å². The van der Waals surface area contributed by atoms with Crippen molar-refractivity contribution in [3.63, 3.8) is 0 Å². The van der Waals surface area contributed by atoms with Crippen LogP contribution in [0.1, 0.15) is 44.2 Å². The van der Waals surface area contributed by atoms with Crippen LogP contribution in [0.25, 0.3) is 0 Å². The fraction of sp³-hybridized carbons (Fsp3) is 0.625. The average Bonchev–Trinajstić information content (AvgIpc) is 2.62. The largest absolute Gasteiger partial charge is 0.307 e. The number of benzene rings is 1. The first-order valence-electron chi connectivity index (χ1n) is 7.37. The predicted octanol–water partition coefficient (Wildman–Crippen LogP) is 3.10. The van der Waals surface area contributed by atoms with Crippen LogP contribution < -0.4 is 5.32 Å². The van der Waals surface area contributed by atoms with Crippen molar-refractivity contribution in [1.82, 2.24) is 10.2 Å². The normalized spacial score (nSPS) is 32.5. The maximum Gasteiger partial charge on any atom is 0.123 e. The molecule has 2 bridgehead atoms. The summed E-state index contributed by atoms with van der Waals surface area (Å²) >= 11 is 0. The van der Waals surface area contributed by atoms with E-state index in [9.17, 15) is 4.39 Å². The first-order valence-corrected chi connectivity index (χ1v) is 7.37. The Kier molecular flexibility index (Phi) is 3.59. The highest BCUT2D eigenvalue weighted by molar-refractivity contribution is 5.19. The van der Waals surface area contributed by atoms with Gasteiger partial charge in [-0.05, 0) is 57.4 Å². The van der Waals surface area contributed by atoms with Gasteiger partial charge < -0.3 is 10.2 Å². The molecule has 2 aliphatic heterocycles. The summed E-state index contributed by atoms with van der Waals surface area (Å²) in [4.78, 5) is 2.55. The van der Waals surface area contributed by atoms with Crippen LogP contribution >= 0.6 is 0 Å². The molecule has 2 fully saturated rings. The van der Waals surface area contributed by atoms with Gasteiger partial charge in [0.1, 0.15) is 5.82 Å². The van der Waals surface area contributed by atoms with Crippen molar-refractivity contribution in [2.24, 2.45) is 0 Å². The molecule has 2 saturated heterocycles. The van der Waals surface area contributed by atoms with Crippen LogP contribution in [0.15, 0.2) is 24.3 Å². The summed E-state index contributed by atoms with van der Waals surface area (Å²) in [7, 11) is 2.26. The average molecular weight is 262 g/mol. The zero-order chi connectivity index (χ0) is 13.4. The maximum absolute atomic E-state index is 13.3. The molecule has 19 heavy (non-hydrogen) atoms. The van der Waals surface area contributed by atoms with Crippen LogP contribution in [0.3, 0.4) is 0 Å². The van der Waals surface area contributed by atoms with Crippen molar-refractivity contribution in [2.75, 3.05) is 7.05 Å². The molecule has 0 aliphatic carbocycles. The summed E-state index contributed by atoms with van der Waals surface area (Å²) in [6.07, 6.45) is 5.14. The highest BCUT2D eigenvalue weighted by Gasteiger charge is 2.38. The molecular formula is C16H23FN2. The first kappa shape index (κ1) is 13.1.